The number of likely N-dealkylation sites (N-methyl/N-ethyl adjacent to an activating group) is 1. The summed E-state index contributed by atoms with van der Waals surface area (Å²) in [4.78, 5) is 2.10. The Balaban J connectivity index is 2.23. The first-order valence-electron chi connectivity index (χ1n) is 6.41. The number of hydrogen-bond donors (Lipinski definition) is 1. The number of nitrogens with zero attached hydrogens (tertiary/aromatic N) is 1. The number of nitrogens with one attached hydrogen (secondary N) is 1. The SMILES string of the molecule is CC(NCCOCCN(C)C)c1ccc(Cl)c(Cl)c1. The van der Waals surface area contributed by atoms with E-state index in [1.54, 1.807) is 0 Å². The van der Waals surface area contributed by atoms with Crippen molar-refractivity contribution in [1.29, 1.82) is 0 Å². The molecule has 1 atom stereocenters. The topological polar surface area (TPSA) is 24.5 Å². The fourth-order valence-corrected chi connectivity index (χ4v) is 1.90. The summed E-state index contributed by atoms with van der Waals surface area (Å²) in [6, 6.07) is 5.94. The second-order valence-corrected chi connectivity index (χ2v) is 5.58. The Bertz CT molecular complexity index is 386. The molecule has 0 bridgehead atoms. The lowest BCUT2D eigenvalue weighted by atomic mass is 10.1. The number of hydrogen-bond acceptors (Lipinski definition) is 3. The number of benzene rings is 1. The molecule has 19 heavy (non-hydrogen) atoms. The summed E-state index contributed by atoms with van der Waals surface area (Å²) < 4.78 is 5.52. The van der Waals surface area contributed by atoms with Gasteiger partial charge in [-0.25, -0.2) is 0 Å². The molecule has 0 fully saturated rings. The molecular weight excluding hydrogens is 283 g/mol. The lowest BCUT2D eigenvalue weighted by molar-refractivity contribution is 0.118. The van der Waals surface area contributed by atoms with Crippen molar-refractivity contribution in [2.45, 2.75) is 13.0 Å². The maximum absolute atomic E-state index is 6.00. The number of ether oxygens (including phenoxy) is 1. The molecule has 1 aromatic carbocycles. The van der Waals surface area contributed by atoms with Crippen molar-refractivity contribution in [3.05, 3.63) is 33.8 Å². The molecule has 1 aromatic rings. The predicted octanol–water partition coefficient (Wildman–Crippen LogP) is 3.22. The van der Waals surface area contributed by atoms with E-state index < -0.39 is 0 Å². The van der Waals surface area contributed by atoms with Crippen LogP contribution in [0.15, 0.2) is 18.2 Å². The van der Waals surface area contributed by atoms with Gasteiger partial charge < -0.3 is 15.0 Å². The molecule has 0 heterocycles. The molecule has 0 aliphatic heterocycles. The minimum atomic E-state index is 0.229. The molecule has 0 aliphatic rings. The standard InChI is InChI=1S/C14H22Cl2N2O/c1-11(12-4-5-13(15)14(16)10-12)17-6-8-19-9-7-18(2)3/h4-5,10-11,17H,6-9H2,1-3H3. The van der Waals surface area contributed by atoms with Crippen LogP contribution in [0, 0.1) is 0 Å². The first-order chi connectivity index (χ1) is 9.00. The van der Waals surface area contributed by atoms with E-state index in [-0.39, 0.29) is 6.04 Å². The average Bonchev–Trinajstić information content (AvgIpc) is 2.36. The number of rotatable bonds is 8. The van der Waals surface area contributed by atoms with E-state index in [2.05, 4.69) is 17.1 Å². The molecule has 0 radical (unpaired) electrons. The van der Waals surface area contributed by atoms with E-state index in [4.69, 9.17) is 27.9 Å². The Morgan fingerprint density at radius 2 is 1.95 bits per heavy atom. The van der Waals surface area contributed by atoms with Crippen LogP contribution in [0.3, 0.4) is 0 Å². The highest BCUT2D eigenvalue weighted by atomic mass is 35.5. The first-order valence-corrected chi connectivity index (χ1v) is 7.17. The normalized spacial score (nSPS) is 12.9. The predicted molar refractivity (Wildman–Crippen MR) is 82.3 cm³/mol. The number of halogens is 2. The lowest BCUT2D eigenvalue weighted by Crippen LogP contribution is -2.25. The van der Waals surface area contributed by atoms with Crippen LogP contribution in [0.2, 0.25) is 10.0 Å². The molecule has 3 nitrogen and oxygen atoms in total. The van der Waals surface area contributed by atoms with Gasteiger partial charge in [0.1, 0.15) is 0 Å². The van der Waals surface area contributed by atoms with Crippen LogP contribution < -0.4 is 5.32 Å². The lowest BCUT2D eigenvalue weighted by Gasteiger charge is -2.15. The zero-order valence-electron chi connectivity index (χ0n) is 11.7. The van der Waals surface area contributed by atoms with Gasteiger partial charge in [0.2, 0.25) is 0 Å². The minimum absolute atomic E-state index is 0.229. The largest absolute Gasteiger partial charge is 0.379 e. The van der Waals surface area contributed by atoms with Gasteiger partial charge in [-0.15, -0.1) is 0 Å². The van der Waals surface area contributed by atoms with Crippen LogP contribution in [0.5, 0.6) is 0 Å². The van der Waals surface area contributed by atoms with Crippen LogP contribution in [0.1, 0.15) is 18.5 Å². The highest BCUT2D eigenvalue weighted by Gasteiger charge is 2.06. The molecule has 0 aliphatic carbocycles. The first kappa shape index (κ1) is 16.7. The van der Waals surface area contributed by atoms with Crippen molar-refractivity contribution in [2.75, 3.05) is 40.4 Å². The van der Waals surface area contributed by atoms with Gasteiger partial charge in [0.25, 0.3) is 0 Å². The van der Waals surface area contributed by atoms with E-state index in [0.29, 0.717) is 16.7 Å². The van der Waals surface area contributed by atoms with E-state index in [1.807, 2.05) is 32.3 Å². The van der Waals surface area contributed by atoms with Gasteiger partial charge in [-0.3, -0.25) is 0 Å². The highest BCUT2D eigenvalue weighted by molar-refractivity contribution is 6.42. The third-order valence-electron chi connectivity index (χ3n) is 2.82. The van der Waals surface area contributed by atoms with Gasteiger partial charge in [0.15, 0.2) is 0 Å². The van der Waals surface area contributed by atoms with Crippen molar-refractivity contribution in [3.63, 3.8) is 0 Å². The fraction of sp³-hybridized carbons (Fsp3) is 0.571. The molecule has 0 saturated carbocycles. The summed E-state index contributed by atoms with van der Waals surface area (Å²) >= 11 is 11.9. The van der Waals surface area contributed by atoms with Crippen molar-refractivity contribution in [3.8, 4) is 0 Å². The monoisotopic (exact) mass is 304 g/mol. The van der Waals surface area contributed by atoms with Crippen molar-refractivity contribution >= 4 is 23.2 Å². The quantitative estimate of drug-likeness (QED) is 0.746. The van der Waals surface area contributed by atoms with Gasteiger partial charge in [0, 0.05) is 19.1 Å². The molecule has 5 heteroatoms. The van der Waals surface area contributed by atoms with Crippen LogP contribution in [0.25, 0.3) is 0 Å². The van der Waals surface area contributed by atoms with E-state index >= 15 is 0 Å². The highest BCUT2D eigenvalue weighted by Crippen LogP contribution is 2.25. The van der Waals surface area contributed by atoms with E-state index in [1.165, 1.54) is 0 Å². The van der Waals surface area contributed by atoms with Crippen LogP contribution in [-0.2, 0) is 4.74 Å². The molecule has 0 aromatic heterocycles. The molecule has 0 spiro atoms. The summed E-state index contributed by atoms with van der Waals surface area (Å²) in [5.41, 5.74) is 1.13. The molecule has 108 valence electrons. The molecule has 0 saturated heterocycles. The molecule has 0 amide bonds. The van der Waals surface area contributed by atoms with Gasteiger partial charge in [0.05, 0.1) is 23.3 Å². The Labute approximate surface area is 125 Å². The molecule has 1 rings (SSSR count). The molecule has 1 unspecified atom stereocenters. The summed E-state index contributed by atoms with van der Waals surface area (Å²) in [5.74, 6) is 0. The van der Waals surface area contributed by atoms with Crippen molar-refractivity contribution < 1.29 is 4.74 Å². The van der Waals surface area contributed by atoms with Crippen LogP contribution in [-0.4, -0.2) is 45.3 Å². The molecule has 1 N–H and O–H groups in total. The summed E-state index contributed by atoms with van der Waals surface area (Å²) in [7, 11) is 4.07. The Morgan fingerprint density at radius 1 is 1.21 bits per heavy atom. The van der Waals surface area contributed by atoms with Gasteiger partial charge >= 0.3 is 0 Å². The van der Waals surface area contributed by atoms with Crippen molar-refractivity contribution in [2.24, 2.45) is 0 Å². The second kappa shape index (κ2) is 8.77. The van der Waals surface area contributed by atoms with E-state index in [0.717, 1.165) is 25.3 Å². The fourth-order valence-electron chi connectivity index (χ4n) is 1.60. The summed E-state index contributed by atoms with van der Waals surface area (Å²) in [6.07, 6.45) is 0. The van der Waals surface area contributed by atoms with Gasteiger partial charge in [-0.2, -0.15) is 0 Å². The van der Waals surface area contributed by atoms with E-state index in [9.17, 15) is 0 Å². The third-order valence-corrected chi connectivity index (χ3v) is 3.56. The smallest absolute Gasteiger partial charge is 0.0595 e. The van der Waals surface area contributed by atoms with Gasteiger partial charge in [-0.05, 0) is 38.7 Å². The third kappa shape index (κ3) is 6.59. The van der Waals surface area contributed by atoms with Crippen molar-refractivity contribution in [1.82, 2.24) is 10.2 Å². The average molecular weight is 305 g/mol. The zero-order valence-corrected chi connectivity index (χ0v) is 13.3. The maximum Gasteiger partial charge on any atom is 0.0595 e. The Morgan fingerprint density at radius 3 is 2.58 bits per heavy atom. The van der Waals surface area contributed by atoms with Gasteiger partial charge in [-0.1, -0.05) is 29.3 Å². The molecular formula is C14H22Cl2N2O. The summed E-state index contributed by atoms with van der Waals surface area (Å²) in [5, 5.41) is 4.57. The zero-order chi connectivity index (χ0) is 14.3. The Hall–Kier alpha value is -0.320. The maximum atomic E-state index is 6.00. The minimum Gasteiger partial charge on any atom is -0.379 e. The van der Waals surface area contributed by atoms with Crippen LogP contribution in [0.4, 0.5) is 0 Å². The second-order valence-electron chi connectivity index (χ2n) is 4.77. The van der Waals surface area contributed by atoms with Crippen LogP contribution >= 0.6 is 23.2 Å². The summed E-state index contributed by atoms with van der Waals surface area (Å²) in [6.45, 7) is 5.33. The Kier molecular flexibility index (Phi) is 7.73.